The molecular weight excluding hydrogens is 210 g/mol. The second-order valence-electron chi connectivity index (χ2n) is 4.75. The third kappa shape index (κ3) is 1.91. The summed E-state index contributed by atoms with van der Waals surface area (Å²) in [5, 5.41) is 0. The molecule has 17 heavy (non-hydrogen) atoms. The number of hydrogen-bond acceptors (Lipinski definition) is 1. The Morgan fingerprint density at radius 3 is 2.71 bits per heavy atom. The molecule has 3 rings (SSSR count). The molecule has 1 heterocycles. The largest absolute Gasteiger partial charge is 0.358 e. The van der Waals surface area contributed by atoms with E-state index in [1.54, 1.807) is 12.1 Å². The number of aromatic amines is 1. The highest BCUT2D eigenvalue weighted by Gasteiger charge is 2.11. The van der Waals surface area contributed by atoms with Crippen molar-refractivity contribution in [1.29, 1.82) is 0 Å². The van der Waals surface area contributed by atoms with Crippen LogP contribution in [0.25, 0.3) is 11.3 Å². The molecule has 0 spiro atoms. The fourth-order valence-corrected chi connectivity index (χ4v) is 2.58. The maximum absolute atomic E-state index is 11.5. The first-order valence-electron chi connectivity index (χ1n) is 6.05. The van der Waals surface area contributed by atoms with Gasteiger partial charge in [0.25, 0.3) is 0 Å². The molecule has 0 radical (unpaired) electrons. The summed E-state index contributed by atoms with van der Waals surface area (Å²) in [5.41, 5.74) is 5.91. The van der Waals surface area contributed by atoms with Crippen LogP contribution >= 0.6 is 0 Å². The van der Waals surface area contributed by atoms with Gasteiger partial charge in [0.05, 0.1) is 0 Å². The van der Waals surface area contributed by atoms with Crippen LogP contribution in [0.2, 0.25) is 0 Å². The van der Waals surface area contributed by atoms with E-state index in [0.717, 1.165) is 17.0 Å². The zero-order valence-electron chi connectivity index (χ0n) is 9.92. The van der Waals surface area contributed by atoms with Crippen LogP contribution < -0.4 is 5.43 Å². The van der Waals surface area contributed by atoms with Crippen LogP contribution in [0.15, 0.2) is 35.1 Å². The molecule has 2 heteroatoms. The van der Waals surface area contributed by atoms with E-state index in [1.165, 1.54) is 30.4 Å². The third-order valence-electron chi connectivity index (χ3n) is 3.39. The van der Waals surface area contributed by atoms with Gasteiger partial charge in [-0.15, -0.1) is 0 Å². The average molecular weight is 225 g/mol. The van der Waals surface area contributed by atoms with E-state index >= 15 is 0 Å². The SMILES string of the molecule is Cc1cc(=O)cc(-c2ccc3c(c2)CCC3)[nH]1. The molecule has 1 aromatic heterocycles. The van der Waals surface area contributed by atoms with Crippen molar-refractivity contribution in [2.45, 2.75) is 26.2 Å². The molecule has 0 unspecified atom stereocenters. The average Bonchev–Trinajstić information content (AvgIpc) is 2.74. The van der Waals surface area contributed by atoms with E-state index in [4.69, 9.17) is 0 Å². The maximum Gasteiger partial charge on any atom is 0.182 e. The zero-order chi connectivity index (χ0) is 11.8. The topological polar surface area (TPSA) is 32.9 Å². The first-order chi connectivity index (χ1) is 8.22. The Kier molecular flexibility index (Phi) is 2.36. The summed E-state index contributed by atoms with van der Waals surface area (Å²) >= 11 is 0. The molecule has 0 atom stereocenters. The van der Waals surface area contributed by atoms with Crippen molar-refractivity contribution in [2.75, 3.05) is 0 Å². The molecule has 2 aromatic rings. The monoisotopic (exact) mass is 225 g/mol. The molecule has 1 N–H and O–H groups in total. The van der Waals surface area contributed by atoms with Crippen molar-refractivity contribution in [2.24, 2.45) is 0 Å². The standard InChI is InChI=1S/C15H15NO/c1-10-7-14(17)9-15(16-10)13-6-5-11-3-2-4-12(11)8-13/h5-9H,2-4H2,1H3,(H,16,17). The Morgan fingerprint density at radius 1 is 1.06 bits per heavy atom. The molecule has 0 saturated carbocycles. The summed E-state index contributed by atoms with van der Waals surface area (Å²) in [6.45, 7) is 1.91. The summed E-state index contributed by atoms with van der Waals surface area (Å²) < 4.78 is 0. The number of nitrogens with one attached hydrogen (secondary N) is 1. The number of aromatic nitrogens is 1. The van der Waals surface area contributed by atoms with E-state index in [1.807, 2.05) is 6.92 Å². The van der Waals surface area contributed by atoms with Gasteiger partial charge in [-0.1, -0.05) is 12.1 Å². The number of pyridine rings is 1. The number of benzene rings is 1. The van der Waals surface area contributed by atoms with Gasteiger partial charge in [-0.25, -0.2) is 0 Å². The fraction of sp³-hybridized carbons (Fsp3) is 0.267. The molecule has 0 bridgehead atoms. The highest BCUT2D eigenvalue weighted by atomic mass is 16.1. The smallest absolute Gasteiger partial charge is 0.182 e. The van der Waals surface area contributed by atoms with Crippen LogP contribution in [0.5, 0.6) is 0 Å². The van der Waals surface area contributed by atoms with Gasteiger partial charge in [0.2, 0.25) is 0 Å². The fourth-order valence-electron chi connectivity index (χ4n) is 2.58. The molecule has 0 saturated heterocycles. The van der Waals surface area contributed by atoms with Gasteiger partial charge in [-0.05, 0) is 48.9 Å². The molecular formula is C15H15NO. The van der Waals surface area contributed by atoms with Crippen LogP contribution in [0.4, 0.5) is 0 Å². The second-order valence-corrected chi connectivity index (χ2v) is 4.75. The molecule has 86 valence electrons. The molecule has 2 nitrogen and oxygen atoms in total. The van der Waals surface area contributed by atoms with E-state index < -0.39 is 0 Å². The minimum absolute atomic E-state index is 0.0664. The lowest BCUT2D eigenvalue weighted by atomic mass is 10.0. The Hall–Kier alpha value is -1.83. The first-order valence-corrected chi connectivity index (χ1v) is 6.05. The Labute approximate surface area is 100 Å². The van der Waals surface area contributed by atoms with Crippen LogP contribution in [-0.4, -0.2) is 4.98 Å². The van der Waals surface area contributed by atoms with Gasteiger partial charge < -0.3 is 4.98 Å². The lowest BCUT2D eigenvalue weighted by Crippen LogP contribution is -2.01. The van der Waals surface area contributed by atoms with Crippen molar-refractivity contribution in [3.63, 3.8) is 0 Å². The van der Waals surface area contributed by atoms with Crippen molar-refractivity contribution < 1.29 is 0 Å². The number of aryl methyl sites for hydroxylation is 3. The van der Waals surface area contributed by atoms with Crippen LogP contribution in [0, 0.1) is 6.92 Å². The minimum Gasteiger partial charge on any atom is -0.358 e. The Balaban J connectivity index is 2.12. The third-order valence-corrected chi connectivity index (χ3v) is 3.39. The predicted molar refractivity (Wildman–Crippen MR) is 69.3 cm³/mol. The normalized spacial score (nSPS) is 13.7. The van der Waals surface area contributed by atoms with Crippen LogP contribution in [-0.2, 0) is 12.8 Å². The lowest BCUT2D eigenvalue weighted by molar-refractivity contribution is 0.912. The van der Waals surface area contributed by atoms with Gasteiger partial charge in [-0.2, -0.15) is 0 Å². The van der Waals surface area contributed by atoms with E-state index in [-0.39, 0.29) is 5.43 Å². The van der Waals surface area contributed by atoms with Gasteiger partial charge >= 0.3 is 0 Å². The van der Waals surface area contributed by atoms with Crippen molar-refractivity contribution in [3.8, 4) is 11.3 Å². The Morgan fingerprint density at radius 2 is 1.88 bits per heavy atom. The quantitative estimate of drug-likeness (QED) is 0.795. The van der Waals surface area contributed by atoms with Crippen molar-refractivity contribution in [1.82, 2.24) is 4.98 Å². The van der Waals surface area contributed by atoms with Crippen molar-refractivity contribution in [3.05, 3.63) is 57.4 Å². The molecule has 0 fully saturated rings. The lowest BCUT2D eigenvalue weighted by Gasteiger charge is -2.06. The Bertz CT molecular complexity index is 625. The van der Waals surface area contributed by atoms with Crippen molar-refractivity contribution >= 4 is 0 Å². The summed E-state index contributed by atoms with van der Waals surface area (Å²) in [7, 11) is 0. The number of H-pyrrole nitrogens is 1. The maximum atomic E-state index is 11.5. The first kappa shape index (κ1) is 10.3. The van der Waals surface area contributed by atoms with E-state index in [9.17, 15) is 4.79 Å². The summed E-state index contributed by atoms with van der Waals surface area (Å²) in [5.74, 6) is 0. The number of fused-ring (bicyclic) bond motifs is 1. The van der Waals surface area contributed by atoms with Crippen LogP contribution in [0.3, 0.4) is 0 Å². The summed E-state index contributed by atoms with van der Waals surface area (Å²) in [6.07, 6.45) is 3.61. The van der Waals surface area contributed by atoms with Crippen LogP contribution in [0.1, 0.15) is 23.2 Å². The zero-order valence-corrected chi connectivity index (χ0v) is 9.92. The van der Waals surface area contributed by atoms with E-state index in [0.29, 0.717) is 0 Å². The molecule has 1 aliphatic rings. The molecule has 0 amide bonds. The van der Waals surface area contributed by atoms with Gasteiger partial charge in [0.15, 0.2) is 5.43 Å². The number of hydrogen-bond donors (Lipinski definition) is 1. The van der Waals surface area contributed by atoms with Gasteiger partial charge in [0, 0.05) is 23.5 Å². The summed E-state index contributed by atoms with van der Waals surface area (Å²) in [4.78, 5) is 14.8. The van der Waals surface area contributed by atoms with E-state index in [2.05, 4.69) is 23.2 Å². The van der Waals surface area contributed by atoms with Gasteiger partial charge in [0.1, 0.15) is 0 Å². The second kappa shape index (κ2) is 3.88. The molecule has 1 aliphatic carbocycles. The number of rotatable bonds is 1. The highest BCUT2D eigenvalue weighted by Crippen LogP contribution is 2.26. The van der Waals surface area contributed by atoms with Gasteiger partial charge in [-0.3, -0.25) is 4.79 Å². The highest BCUT2D eigenvalue weighted by molar-refractivity contribution is 5.61. The predicted octanol–water partition coefficient (Wildman–Crippen LogP) is 2.84. The summed E-state index contributed by atoms with van der Waals surface area (Å²) in [6, 6.07) is 9.81. The minimum atomic E-state index is 0.0664. The molecule has 1 aromatic carbocycles. The molecule has 0 aliphatic heterocycles.